The van der Waals surface area contributed by atoms with Gasteiger partial charge in [0.1, 0.15) is 5.82 Å². The largest absolute Gasteiger partial charge is 0.379 e. The molecule has 0 spiro atoms. The van der Waals surface area contributed by atoms with Crippen LogP contribution < -0.4 is 10.6 Å². The molecular formula is C21H31FN4O. The summed E-state index contributed by atoms with van der Waals surface area (Å²) in [6, 6.07) is 7.04. The number of hydrogen-bond acceptors (Lipinski definition) is 3. The van der Waals surface area contributed by atoms with Crippen molar-refractivity contribution in [2.75, 3.05) is 46.4 Å². The second-order valence-electron chi connectivity index (χ2n) is 8.16. The van der Waals surface area contributed by atoms with E-state index in [1.807, 2.05) is 19.2 Å². The van der Waals surface area contributed by atoms with Crippen LogP contribution in [0.5, 0.6) is 0 Å². The molecule has 1 unspecified atom stereocenters. The van der Waals surface area contributed by atoms with Gasteiger partial charge < -0.3 is 15.4 Å². The van der Waals surface area contributed by atoms with Crippen molar-refractivity contribution < 1.29 is 9.13 Å². The van der Waals surface area contributed by atoms with E-state index in [4.69, 9.17) is 4.74 Å². The van der Waals surface area contributed by atoms with Gasteiger partial charge in [-0.1, -0.05) is 12.1 Å². The number of benzene rings is 1. The van der Waals surface area contributed by atoms with Gasteiger partial charge in [-0.15, -0.1) is 0 Å². The summed E-state index contributed by atoms with van der Waals surface area (Å²) in [5, 5.41) is 7.05. The van der Waals surface area contributed by atoms with E-state index in [-0.39, 0.29) is 11.9 Å². The maximum atomic E-state index is 13.4. The summed E-state index contributed by atoms with van der Waals surface area (Å²) >= 11 is 0. The molecule has 1 aliphatic heterocycles. The third kappa shape index (κ3) is 4.61. The number of nitrogens with zero attached hydrogens (tertiary/aromatic N) is 2. The Labute approximate surface area is 161 Å². The lowest BCUT2D eigenvalue weighted by molar-refractivity contribution is 0.0170. The highest BCUT2D eigenvalue weighted by molar-refractivity contribution is 5.79. The first-order valence-electron chi connectivity index (χ1n) is 10.2. The normalized spacial score (nSPS) is 23.7. The van der Waals surface area contributed by atoms with Crippen LogP contribution in [0.3, 0.4) is 0 Å². The molecule has 2 N–H and O–H groups in total. The van der Waals surface area contributed by atoms with Gasteiger partial charge in [-0.2, -0.15) is 0 Å². The monoisotopic (exact) mass is 374 g/mol. The lowest BCUT2D eigenvalue weighted by atomic mass is 10.0. The predicted molar refractivity (Wildman–Crippen MR) is 105 cm³/mol. The third-order valence-corrected chi connectivity index (χ3v) is 6.37. The maximum absolute atomic E-state index is 13.4. The first-order chi connectivity index (χ1) is 13.2. The molecular weight excluding hydrogens is 343 g/mol. The second-order valence-corrected chi connectivity index (χ2v) is 8.16. The minimum atomic E-state index is -0.195. The van der Waals surface area contributed by atoms with Crippen LogP contribution in [0.1, 0.15) is 37.3 Å². The van der Waals surface area contributed by atoms with Crippen molar-refractivity contribution in [1.82, 2.24) is 15.5 Å². The Morgan fingerprint density at radius 3 is 2.52 bits per heavy atom. The van der Waals surface area contributed by atoms with Gasteiger partial charge in [0, 0.05) is 33.2 Å². The lowest BCUT2D eigenvalue weighted by Gasteiger charge is -2.35. The molecule has 1 heterocycles. The van der Waals surface area contributed by atoms with E-state index in [0.717, 1.165) is 56.8 Å². The van der Waals surface area contributed by atoms with Crippen molar-refractivity contribution in [2.24, 2.45) is 16.3 Å². The van der Waals surface area contributed by atoms with Gasteiger partial charge in [0.2, 0.25) is 0 Å². The van der Waals surface area contributed by atoms with Crippen LogP contribution in [-0.2, 0) is 4.74 Å². The molecule has 0 amide bonds. The van der Waals surface area contributed by atoms with Crippen LogP contribution in [-0.4, -0.2) is 57.3 Å². The van der Waals surface area contributed by atoms with E-state index in [1.54, 1.807) is 12.1 Å². The summed E-state index contributed by atoms with van der Waals surface area (Å²) in [6.45, 7) is 5.03. The van der Waals surface area contributed by atoms with Crippen LogP contribution in [0, 0.1) is 17.2 Å². The first-order valence-corrected chi connectivity index (χ1v) is 10.2. The molecule has 1 saturated heterocycles. The Balaban J connectivity index is 1.37. The Morgan fingerprint density at radius 2 is 1.93 bits per heavy atom. The topological polar surface area (TPSA) is 48.9 Å². The molecule has 6 heteroatoms. The van der Waals surface area contributed by atoms with Crippen LogP contribution in [0.4, 0.5) is 4.39 Å². The predicted octanol–water partition coefficient (Wildman–Crippen LogP) is 2.55. The van der Waals surface area contributed by atoms with Gasteiger partial charge in [-0.25, -0.2) is 4.39 Å². The maximum Gasteiger partial charge on any atom is 0.191 e. The van der Waals surface area contributed by atoms with Crippen LogP contribution in [0.2, 0.25) is 0 Å². The summed E-state index contributed by atoms with van der Waals surface area (Å²) in [5.41, 5.74) is 1.66. The number of guanidine groups is 1. The Hall–Kier alpha value is -1.66. The van der Waals surface area contributed by atoms with Crippen LogP contribution in [0.25, 0.3) is 0 Å². The van der Waals surface area contributed by atoms with Crippen LogP contribution >= 0.6 is 0 Å². The number of aliphatic imine (C=N–C) groups is 1. The van der Waals surface area contributed by atoms with Crippen molar-refractivity contribution in [3.8, 4) is 0 Å². The Morgan fingerprint density at radius 1 is 1.22 bits per heavy atom. The number of ether oxygens (including phenoxy) is 1. The lowest BCUT2D eigenvalue weighted by Crippen LogP contribution is -2.47. The zero-order chi connectivity index (χ0) is 18.7. The zero-order valence-electron chi connectivity index (χ0n) is 16.2. The van der Waals surface area contributed by atoms with Crippen LogP contribution in [0.15, 0.2) is 29.3 Å². The highest BCUT2D eigenvalue weighted by Gasteiger charge is 2.53. The molecule has 0 radical (unpaired) electrons. The molecule has 3 aliphatic rings. The average Bonchev–Trinajstić information content (AvgIpc) is 3.60. The molecule has 0 bridgehead atoms. The van der Waals surface area contributed by atoms with Gasteiger partial charge in [0.25, 0.3) is 0 Å². The van der Waals surface area contributed by atoms with Gasteiger partial charge in [-0.05, 0) is 54.7 Å². The van der Waals surface area contributed by atoms with E-state index in [2.05, 4.69) is 20.5 Å². The van der Waals surface area contributed by atoms with Gasteiger partial charge in [0.15, 0.2) is 5.96 Å². The molecule has 3 fully saturated rings. The molecule has 2 aliphatic carbocycles. The first kappa shape index (κ1) is 18.7. The molecule has 5 nitrogen and oxygen atoms in total. The highest BCUT2D eigenvalue weighted by Crippen LogP contribution is 2.60. The summed E-state index contributed by atoms with van der Waals surface area (Å²) < 4.78 is 18.9. The van der Waals surface area contributed by atoms with Gasteiger partial charge in [-0.3, -0.25) is 9.89 Å². The number of morpholine rings is 1. The molecule has 4 rings (SSSR count). The zero-order valence-corrected chi connectivity index (χ0v) is 16.2. The van der Waals surface area contributed by atoms with Gasteiger partial charge >= 0.3 is 0 Å². The van der Waals surface area contributed by atoms with Crippen molar-refractivity contribution in [2.45, 2.75) is 31.7 Å². The second kappa shape index (κ2) is 8.15. The standard InChI is InChI=1S/C21H31FN4O/c1-23-20(25-15-21(8-9-21)17-4-5-17)24-14-19(26-10-12-27-13-11-26)16-2-6-18(22)7-3-16/h2-3,6-7,17,19H,4-5,8-15H2,1H3,(H2,23,24,25). The SMILES string of the molecule is CN=C(NCC(c1ccc(F)cc1)N1CCOCC1)NCC1(C2CC2)CC1. The molecule has 1 aromatic carbocycles. The fourth-order valence-corrected chi connectivity index (χ4v) is 4.29. The minimum absolute atomic E-state index is 0.173. The van der Waals surface area contributed by atoms with E-state index in [1.165, 1.54) is 25.7 Å². The van der Waals surface area contributed by atoms with Gasteiger partial charge in [0.05, 0.1) is 19.3 Å². The number of halogens is 1. The van der Waals surface area contributed by atoms with Crippen molar-refractivity contribution >= 4 is 5.96 Å². The van der Waals surface area contributed by atoms with E-state index >= 15 is 0 Å². The highest BCUT2D eigenvalue weighted by atomic mass is 19.1. The Kier molecular flexibility index (Phi) is 5.64. The number of rotatable bonds is 7. The number of nitrogens with one attached hydrogen (secondary N) is 2. The summed E-state index contributed by atoms with van der Waals surface area (Å²) in [6.07, 6.45) is 5.51. The Bertz CT molecular complexity index is 649. The molecule has 0 aromatic heterocycles. The van der Waals surface area contributed by atoms with Crippen molar-refractivity contribution in [3.63, 3.8) is 0 Å². The van der Waals surface area contributed by atoms with E-state index in [0.29, 0.717) is 5.41 Å². The minimum Gasteiger partial charge on any atom is -0.379 e. The summed E-state index contributed by atoms with van der Waals surface area (Å²) in [7, 11) is 1.83. The fraction of sp³-hybridized carbons (Fsp3) is 0.667. The molecule has 148 valence electrons. The van der Waals surface area contributed by atoms with Crippen molar-refractivity contribution in [1.29, 1.82) is 0 Å². The molecule has 27 heavy (non-hydrogen) atoms. The fourth-order valence-electron chi connectivity index (χ4n) is 4.29. The molecule has 1 atom stereocenters. The third-order valence-electron chi connectivity index (χ3n) is 6.37. The molecule has 1 aromatic rings. The van der Waals surface area contributed by atoms with E-state index in [9.17, 15) is 4.39 Å². The quantitative estimate of drug-likeness (QED) is 0.569. The van der Waals surface area contributed by atoms with Crippen molar-refractivity contribution in [3.05, 3.63) is 35.6 Å². The smallest absolute Gasteiger partial charge is 0.191 e. The average molecular weight is 375 g/mol. The van der Waals surface area contributed by atoms with E-state index < -0.39 is 0 Å². The number of hydrogen-bond donors (Lipinski definition) is 2. The summed E-state index contributed by atoms with van der Waals surface area (Å²) in [5.74, 6) is 1.60. The summed E-state index contributed by atoms with van der Waals surface area (Å²) in [4.78, 5) is 6.82. The molecule has 2 saturated carbocycles.